The molecule has 0 saturated carbocycles. The number of hydrogen-bond acceptors (Lipinski definition) is 2. The van der Waals surface area contributed by atoms with E-state index in [4.69, 9.17) is 4.74 Å². The molecule has 1 amide bonds. The van der Waals surface area contributed by atoms with Crippen molar-refractivity contribution in [3.63, 3.8) is 0 Å². The summed E-state index contributed by atoms with van der Waals surface area (Å²) in [7, 11) is 0. The highest BCUT2D eigenvalue weighted by atomic mass is 16.6. The van der Waals surface area contributed by atoms with Crippen LogP contribution in [-0.2, 0) is 4.74 Å². The fraction of sp³-hybridized carbons (Fsp3) is 0.846. The number of piperidine rings is 1. The van der Waals surface area contributed by atoms with Crippen molar-refractivity contribution in [3.05, 3.63) is 6.42 Å². The number of rotatable bonds is 1. The number of hydrogen-bond donors (Lipinski definition) is 0. The molecule has 0 N–H and O–H groups in total. The molecular formula is C13H22NO2. The van der Waals surface area contributed by atoms with Gasteiger partial charge in [-0.05, 0) is 37.5 Å². The number of fused-ring (bicyclic) bond motifs is 2. The molecule has 2 heterocycles. The van der Waals surface area contributed by atoms with Crippen LogP contribution in [-0.4, -0.2) is 29.7 Å². The van der Waals surface area contributed by atoms with Gasteiger partial charge in [-0.3, -0.25) is 0 Å². The lowest BCUT2D eigenvalue weighted by Gasteiger charge is -2.34. The first-order chi connectivity index (χ1) is 7.47. The maximum Gasteiger partial charge on any atom is 0.410 e. The average Bonchev–Trinajstić information content (AvgIpc) is 2.44. The van der Waals surface area contributed by atoms with Crippen LogP contribution in [0.15, 0.2) is 0 Å². The molecule has 2 unspecified atom stereocenters. The van der Waals surface area contributed by atoms with Crippen molar-refractivity contribution in [2.75, 3.05) is 6.61 Å². The van der Waals surface area contributed by atoms with Crippen LogP contribution >= 0.6 is 0 Å². The first-order valence-corrected chi connectivity index (χ1v) is 6.24. The van der Waals surface area contributed by atoms with Gasteiger partial charge in [-0.1, -0.05) is 20.8 Å². The summed E-state index contributed by atoms with van der Waals surface area (Å²) in [5.74, 6) is 0. The SMILES string of the molecule is CC(C)(C)COC(=O)N1C2C[CH]CC1CC2. The van der Waals surface area contributed by atoms with Crippen molar-refractivity contribution >= 4 is 6.09 Å². The Balaban J connectivity index is 1.90. The van der Waals surface area contributed by atoms with E-state index in [1.165, 1.54) is 0 Å². The summed E-state index contributed by atoms with van der Waals surface area (Å²) < 4.78 is 5.40. The lowest BCUT2D eigenvalue weighted by Crippen LogP contribution is -2.45. The molecule has 2 aliphatic heterocycles. The van der Waals surface area contributed by atoms with E-state index < -0.39 is 0 Å². The second kappa shape index (κ2) is 4.27. The van der Waals surface area contributed by atoms with Gasteiger partial charge in [0.2, 0.25) is 0 Å². The Morgan fingerprint density at radius 2 is 1.88 bits per heavy atom. The van der Waals surface area contributed by atoms with E-state index in [0.29, 0.717) is 18.7 Å². The van der Waals surface area contributed by atoms with Gasteiger partial charge in [-0.25, -0.2) is 4.79 Å². The lowest BCUT2D eigenvalue weighted by molar-refractivity contribution is 0.0530. The first-order valence-electron chi connectivity index (χ1n) is 6.24. The van der Waals surface area contributed by atoms with Crippen molar-refractivity contribution < 1.29 is 9.53 Å². The molecule has 2 atom stereocenters. The van der Waals surface area contributed by atoms with E-state index >= 15 is 0 Å². The third-order valence-corrected chi connectivity index (χ3v) is 3.34. The Morgan fingerprint density at radius 1 is 1.31 bits per heavy atom. The van der Waals surface area contributed by atoms with Gasteiger partial charge in [0.05, 0.1) is 6.61 Å². The zero-order valence-corrected chi connectivity index (χ0v) is 10.5. The van der Waals surface area contributed by atoms with Crippen molar-refractivity contribution in [1.82, 2.24) is 4.90 Å². The van der Waals surface area contributed by atoms with Crippen molar-refractivity contribution in [2.45, 2.75) is 58.5 Å². The third-order valence-electron chi connectivity index (χ3n) is 3.34. The molecule has 0 aromatic rings. The van der Waals surface area contributed by atoms with Gasteiger partial charge in [-0.2, -0.15) is 0 Å². The molecule has 16 heavy (non-hydrogen) atoms. The van der Waals surface area contributed by atoms with Crippen LogP contribution < -0.4 is 0 Å². The minimum absolute atomic E-state index is 0.0522. The van der Waals surface area contributed by atoms with Crippen LogP contribution in [0.1, 0.15) is 46.5 Å². The smallest absolute Gasteiger partial charge is 0.410 e. The van der Waals surface area contributed by atoms with Gasteiger partial charge in [0.1, 0.15) is 0 Å². The molecule has 0 aromatic carbocycles. The fourth-order valence-electron chi connectivity index (χ4n) is 2.56. The molecule has 91 valence electrons. The second-order valence-electron chi connectivity index (χ2n) is 6.17. The highest BCUT2D eigenvalue weighted by Gasteiger charge is 2.40. The molecule has 0 aliphatic carbocycles. The van der Waals surface area contributed by atoms with Gasteiger partial charge in [0.15, 0.2) is 0 Å². The molecule has 2 fully saturated rings. The van der Waals surface area contributed by atoms with Crippen molar-refractivity contribution in [3.8, 4) is 0 Å². The number of amides is 1. The summed E-state index contributed by atoms with van der Waals surface area (Å²) in [6.07, 6.45) is 6.59. The van der Waals surface area contributed by atoms with E-state index in [2.05, 4.69) is 27.2 Å². The molecule has 2 aliphatic rings. The number of carbonyl (C=O) groups excluding carboxylic acids is 1. The summed E-state index contributed by atoms with van der Waals surface area (Å²) in [6, 6.07) is 0.817. The van der Waals surface area contributed by atoms with Gasteiger partial charge < -0.3 is 9.64 Å². The average molecular weight is 224 g/mol. The summed E-state index contributed by atoms with van der Waals surface area (Å²) in [5, 5.41) is 0. The van der Waals surface area contributed by atoms with Crippen LogP contribution in [0.2, 0.25) is 0 Å². The van der Waals surface area contributed by atoms with Crippen molar-refractivity contribution in [2.24, 2.45) is 5.41 Å². The topological polar surface area (TPSA) is 29.5 Å². The predicted molar refractivity (Wildman–Crippen MR) is 63.0 cm³/mol. The second-order valence-corrected chi connectivity index (χ2v) is 6.17. The number of nitrogens with zero attached hydrogens (tertiary/aromatic N) is 1. The summed E-state index contributed by atoms with van der Waals surface area (Å²) in [6.45, 7) is 6.75. The molecule has 2 bridgehead atoms. The molecule has 1 radical (unpaired) electrons. The van der Waals surface area contributed by atoms with Crippen LogP contribution in [0.25, 0.3) is 0 Å². The fourth-order valence-corrected chi connectivity index (χ4v) is 2.56. The van der Waals surface area contributed by atoms with Crippen LogP contribution in [0.3, 0.4) is 0 Å². The molecule has 0 aromatic heterocycles. The third kappa shape index (κ3) is 2.50. The maximum absolute atomic E-state index is 12.0. The minimum Gasteiger partial charge on any atom is -0.449 e. The number of carbonyl (C=O) groups is 1. The van der Waals surface area contributed by atoms with E-state index in [-0.39, 0.29) is 11.5 Å². The standard InChI is InChI=1S/C13H22NO2/c1-13(2,3)9-16-12(15)14-10-5-4-6-11(14)8-7-10/h4,10-11H,5-9H2,1-3H3. The first kappa shape index (κ1) is 11.7. The summed E-state index contributed by atoms with van der Waals surface area (Å²) >= 11 is 0. The van der Waals surface area contributed by atoms with Crippen LogP contribution in [0.5, 0.6) is 0 Å². The van der Waals surface area contributed by atoms with Gasteiger partial charge in [-0.15, -0.1) is 0 Å². The monoisotopic (exact) mass is 224 g/mol. The number of ether oxygens (including phenoxy) is 1. The van der Waals surface area contributed by atoms with Gasteiger partial charge in [0, 0.05) is 12.1 Å². The van der Waals surface area contributed by atoms with Crippen LogP contribution in [0, 0.1) is 11.8 Å². The highest BCUT2D eigenvalue weighted by molar-refractivity contribution is 5.69. The Kier molecular flexibility index (Phi) is 3.13. The molecule has 2 rings (SSSR count). The minimum atomic E-state index is -0.101. The Morgan fingerprint density at radius 3 is 2.38 bits per heavy atom. The van der Waals surface area contributed by atoms with Gasteiger partial charge >= 0.3 is 6.09 Å². The van der Waals surface area contributed by atoms with E-state index in [1.807, 2.05) is 4.90 Å². The normalized spacial score (nSPS) is 29.3. The Hall–Kier alpha value is -0.730. The lowest BCUT2D eigenvalue weighted by atomic mass is 9.99. The summed E-state index contributed by atoms with van der Waals surface area (Å²) in [4.78, 5) is 14.0. The maximum atomic E-state index is 12.0. The molecular weight excluding hydrogens is 202 g/mol. The zero-order chi connectivity index (χ0) is 11.8. The van der Waals surface area contributed by atoms with E-state index in [1.54, 1.807) is 0 Å². The predicted octanol–water partition coefficient (Wildman–Crippen LogP) is 3.00. The highest BCUT2D eigenvalue weighted by Crippen LogP contribution is 2.35. The molecule has 3 heteroatoms. The largest absolute Gasteiger partial charge is 0.449 e. The summed E-state index contributed by atoms with van der Waals surface area (Å²) in [5.41, 5.74) is 0.0522. The molecule has 2 saturated heterocycles. The van der Waals surface area contributed by atoms with Gasteiger partial charge in [0.25, 0.3) is 0 Å². The molecule has 3 nitrogen and oxygen atoms in total. The van der Waals surface area contributed by atoms with E-state index in [0.717, 1.165) is 25.7 Å². The van der Waals surface area contributed by atoms with Crippen LogP contribution in [0.4, 0.5) is 4.79 Å². The molecule has 0 spiro atoms. The zero-order valence-electron chi connectivity index (χ0n) is 10.5. The van der Waals surface area contributed by atoms with E-state index in [9.17, 15) is 4.79 Å². The Labute approximate surface area is 98.1 Å². The van der Waals surface area contributed by atoms with Crippen molar-refractivity contribution in [1.29, 1.82) is 0 Å². The Bertz CT molecular complexity index is 254. The quantitative estimate of drug-likeness (QED) is 0.685.